The van der Waals surface area contributed by atoms with Crippen LogP contribution in [0.15, 0.2) is 22.8 Å². The van der Waals surface area contributed by atoms with Crippen LogP contribution in [0.25, 0.3) is 10.6 Å². The van der Waals surface area contributed by atoms with E-state index in [-0.39, 0.29) is 0 Å². The standard InChI is InChI=1S/C13H11BrN2OS/c1-3-8-4-5-10(17-2)9(6-8)13-16-12(14)11(7-15)18-13/h4-6H,3H2,1-2H3. The van der Waals surface area contributed by atoms with Gasteiger partial charge >= 0.3 is 0 Å². The first-order valence-electron chi connectivity index (χ1n) is 5.43. The molecule has 1 aromatic carbocycles. The summed E-state index contributed by atoms with van der Waals surface area (Å²) in [6, 6.07) is 8.16. The van der Waals surface area contributed by atoms with Crippen LogP contribution >= 0.6 is 27.3 Å². The van der Waals surface area contributed by atoms with Gasteiger partial charge in [-0.2, -0.15) is 5.26 Å². The normalized spacial score (nSPS) is 10.1. The summed E-state index contributed by atoms with van der Waals surface area (Å²) >= 11 is 4.65. The number of ether oxygens (including phenoxy) is 1. The van der Waals surface area contributed by atoms with Gasteiger partial charge in [-0.1, -0.05) is 13.0 Å². The average molecular weight is 323 g/mol. The molecular formula is C13H11BrN2OS. The van der Waals surface area contributed by atoms with Crippen LogP contribution in [0.5, 0.6) is 5.75 Å². The van der Waals surface area contributed by atoms with Gasteiger partial charge in [-0.15, -0.1) is 11.3 Å². The summed E-state index contributed by atoms with van der Waals surface area (Å²) in [5, 5.41) is 9.76. The Labute approximate surface area is 118 Å². The Morgan fingerprint density at radius 1 is 1.50 bits per heavy atom. The highest BCUT2D eigenvalue weighted by atomic mass is 79.9. The quantitative estimate of drug-likeness (QED) is 0.857. The molecule has 0 amide bonds. The highest BCUT2D eigenvalue weighted by molar-refractivity contribution is 9.10. The molecule has 0 aliphatic carbocycles. The van der Waals surface area contributed by atoms with E-state index in [0.29, 0.717) is 9.48 Å². The first kappa shape index (κ1) is 13.1. The minimum absolute atomic E-state index is 0.578. The van der Waals surface area contributed by atoms with Gasteiger partial charge in [0.15, 0.2) is 0 Å². The predicted molar refractivity (Wildman–Crippen MR) is 75.9 cm³/mol. The lowest BCUT2D eigenvalue weighted by Crippen LogP contribution is -1.90. The molecule has 5 heteroatoms. The molecular weight excluding hydrogens is 312 g/mol. The summed E-state index contributed by atoms with van der Waals surface area (Å²) < 4.78 is 5.94. The Morgan fingerprint density at radius 3 is 2.83 bits per heavy atom. The zero-order valence-corrected chi connectivity index (χ0v) is 12.4. The van der Waals surface area contributed by atoms with E-state index in [1.54, 1.807) is 7.11 Å². The molecule has 0 radical (unpaired) electrons. The molecule has 0 bridgehead atoms. The van der Waals surface area contributed by atoms with Gasteiger partial charge in [0.05, 0.1) is 12.7 Å². The Kier molecular flexibility index (Phi) is 4.00. The van der Waals surface area contributed by atoms with Gasteiger partial charge in [-0.05, 0) is 40.0 Å². The molecule has 2 aromatic rings. The molecule has 0 aliphatic heterocycles. The van der Waals surface area contributed by atoms with Crippen LogP contribution in [-0.4, -0.2) is 12.1 Å². The number of halogens is 1. The third kappa shape index (κ3) is 2.40. The maximum atomic E-state index is 8.97. The van der Waals surface area contributed by atoms with Crippen LogP contribution in [0.2, 0.25) is 0 Å². The number of thiazole rings is 1. The van der Waals surface area contributed by atoms with Crippen molar-refractivity contribution in [2.75, 3.05) is 7.11 Å². The van der Waals surface area contributed by atoms with E-state index in [9.17, 15) is 0 Å². The third-order valence-corrected chi connectivity index (χ3v) is 4.42. The van der Waals surface area contributed by atoms with Crippen molar-refractivity contribution in [1.29, 1.82) is 5.26 Å². The first-order valence-corrected chi connectivity index (χ1v) is 7.04. The zero-order valence-electron chi connectivity index (χ0n) is 10.0. The number of hydrogen-bond donors (Lipinski definition) is 0. The van der Waals surface area contributed by atoms with E-state index in [0.717, 1.165) is 22.7 Å². The third-order valence-electron chi connectivity index (χ3n) is 2.59. The van der Waals surface area contributed by atoms with Gasteiger partial charge in [0.1, 0.15) is 26.3 Å². The second kappa shape index (κ2) is 5.51. The fourth-order valence-corrected chi connectivity index (χ4v) is 3.03. The fraction of sp³-hybridized carbons (Fsp3) is 0.231. The van der Waals surface area contributed by atoms with Crippen molar-refractivity contribution in [3.05, 3.63) is 33.2 Å². The van der Waals surface area contributed by atoms with Gasteiger partial charge in [0, 0.05) is 0 Å². The summed E-state index contributed by atoms with van der Waals surface area (Å²) in [7, 11) is 1.64. The van der Waals surface area contributed by atoms with Gasteiger partial charge in [0.25, 0.3) is 0 Å². The number of rotatable bonds is 3. The molecule has 18 heavy (non-hydrogen) atoms. The van der Waals surface area contributed by atoms with Crippen molar-refractivity contribution in [3.63, 3.8) is 0 Å². The van der Waals surface area contributed by atoms with Crippen LogP contribution in [0.1, 0.15) is 17.4 Å². The van der Waals surface area contributed by atoms with Crippen LogP contribution in [-0.2, 0) is 6.42 Å². The lowest BCUT2D eigenvalue weighted by molar-refractivity contribution is 0.416. The molecule has 0 unspecified atom stereocenters. The monoisotopic (exact) mass is 322 g/mol. The van der Waals surface area contributed by atoms with Crippen molar-refractivity contribution >= 4 is 27.3 Å². The summed E-state index contributed by atoms with van der Waals surface area (Å²) in [6.45, 7) is 2.10. The molecule has 92 valence electrons. The Balaban J connectivity index is 2.57. The van der Waals surface area contributed by atoms with E-state index in [4.69, 9.17) is 10.00 Å². The van der Waals surface area contributed by atoms with Crippen LogP contribution in [0, 0.1) is 11.3 Å². The SMILES string of the molecule is CCc1ccc(OC)c(-c2nc(Br)c(C#N)s2)c1. The Morgan fingerprint density at radius 2 is 2.28 bits per heavy atom. The minimum Gasteiger partial charge on any atom is -0.496 e. The van der Waals surface area contributed by atoms with E-state index >= 15 is 0 Å². The lowest BCUT2D eigenvalue weighted by Gasteiger charge is -2.07. The van der Waals surface area contributed by atoms with Crippen LogP contribution < -0.4 is 4.74 Å². The van der Waals surface area contributed by atoms with E-state index in [1.165, 1.54) is 16.9 Å². The number of benzene rings is 1. The molecule has 0 aliphatic rings. The largest absolute Gasteiger partial charge is 0.496 e. The summed E-state index contributed by atoms with van der Waals surface area (Å²) in [4.78, 5) is 4.95. The van der Waals surface area contributed by atoms with Crippen molar-refractivity contribution in [3.8, 4) is 22.4 Å². The number of hydrogen-bond acceptors (Lipinski definition) is 4. The molecule has 0 N–H and O–H groups in total. The van der Waals surface area contributed by atoms with Crippen LogP contribution in [0.3, 0.4) is 0 Å². The van der Waals surface area contributed by atoms with Crippen molar-refractivity contribution in [2.45, 2.75) is 13.3 Å². The van der Waals surface area contributed by atoms with Crippen LogP contribution in [0.4, 0.5) is 0 Å². The number of nitrogens with zero attached hydrogens (tertiary/aromatic N) is 2. The van der Waals surface area contributed by atoms with E-state index < -0.39 is 0 Å². The van der Waals surface area contributed by atoms with E-state index in [1.807, 2.05) is 12.1 Å². The molecule has 0 atom stereocenters. The molecule has 0 fully saturated rings. The molecule has 1 heterocycles. The van der Waals surface area contributed by atoms with Gasteiger partial charge in [0.2, 0.25) is 0 Å². The van der Waals surface area contributed by atoms with Gasteiger partial charge < -0.3 is 4.74 Å². The second-order valence-corrected chi connectivity index (χ2v) is 5.39. The fourth-order valence-electron chi connectivity index (χ4n) is 1.63. The average Bonchev–Trinajstić information content (AvgIpc) is 2.79. The Hall–Kier alpha value is -1.38. The highest BCUT2D eigenvalue weighted by Crippen LogP contribution is 2.36. The van der Waals surface area contributed by atoms with Gasteiger partial charge in [-0.25, -0.2) is 4.98 Å². The van der Waals surface area contributed by atoms with Gasteiger partial charge in [-0.3, -0.25) is 0 Å². The zero-order chi connectivity index (χ0) is 13.1. The highest BCUT2D eigenvalue weighted by Gasteiger charge is 2.14. The second-order valence-electron chi connectivity index (χ2n) is 3.64. The number of nitriles is 1. The van der Waals surface area contributed by atoms with Crippen molar-refractivity contribution in [1.82, 2.24) is 4.98 Å². The maximum absolute atomic E-state index is 8.97. The van der Waals surface area contributed by atoms with Crippen molar-refractivity contribution in [2.24, 2.45) is 0 Å². The molecule has 2 rings (SSSR count). The topological polar surface area (TPSA) is 45.9 Å². The van der Waals surface area contributed by atoms with Crippen molar-refractivity contribution < 1.29 is 4.74 Å². The predicted octanol–water partition coefficient (Wildman–Crippen LogP) is 4.02. The minimum atomic E-state index is 0.578. The first-order chi connectivity index (χ1) is 8.69. The molecule has 1 aromatic heterocycles. The lowest BCUT2D eigenvalue weighted by atomic mass is 10.1. The summed E-state index contributed by atoms with van der Waals surface area (Å²) in [5.74, 6) is 0.776. The summed E-state index contributed by atoms with van der Waals surface area (Å²) in [5.41, 5.74) is 2.15. The number of aryl methyl sites for hydroxylation is 1. The molecule has 0 saturated carbocycles. The number of methoxy groups -OCH3 is 1. The molecule has 0 saturated heterocycles. The molecule has 0 spiro atoms. The molecule has 3 nitrogen and oxygen atoms in total. The maximum Gasteiger partial charge on any atom is 0.139 e. The number of aromatic nitrogens is 1. The Bertz CT molecular complexity index is 616. The summed E-state index contributed by atoms with van der Waals surface area (Å²) in [6.07, 6.45) is 0.953. The van der Waals surface area contributed by atoms with E-state index in [2.05, 4.69) is 40.0 Å². The smallest absolute Gasteiger partial charge is 0.139 e.